The predicted molar refractivity (Wildman–Crippen MR) is 57.4 cm³/mol. The summed E-state index contributed by atoms with van der Waals surface area (Å²) in [5.41, 5.74) is 0. The molecule has 0 fully saturated rings. The molecule has 0 aromatic heterocycles. The maximum Gasteiger partial charge on any atom is -0.0389 e. The van der Waals surface area contributed by atoms with Gasteiger partial charge in [0, 0.05) is 0 Å². The second-order valence-corrected chi connectivity index (χ2v) is 4.10. The zero-order chi connectivity index (χ0) is 9.40. The van der Waals surface area contributed by atoms with E-state index in [1.807, 2.05) is 0 Å². The molecule has 0 aliphatic rings. The van der Waals surface area contributed by atoms with Crippen LogP contribution in [-0.2, 0) is 0 Å². The second-order valence-electron chi connectivity index (χ2n) is 4.10. The third-order valence-electron chi connectivity index (χ3n) is 2.87. The van der Waals surface area contributed by atoms with Crippen LogP contribution in [0.15, 0.2) is 0 Å². The van der Waals surface area contributed by atoms with E-state index in [4.69, 9.17) is 0 Å². The van der Waals surface area contributed by atoms with Crippen molar-refractivity contribution in [2.45, 2.75) is 66.2 Å². The lowest BCUT2D eigenvalue weighted by atomic mass is 9.84. The molecule has 12 heavy (non-hydrogen) atoms. The Morgan fingerprint density at radius 3 is 1.50 bits per heavy atom. The fraction of sp³-hybridized carbons (Fsp3) is 1.00. The van der Waals surface area contributed by atoms with E-state index in [1.165, 1.54) is 38.5 Å². The van der Waals surface area contributed by atoms with E-state index in [2.05, 4.69) is 27.7 Å². The van der Waals surface area contributed by atoms with Gasteiger partial charge < -0.3 is 0 Å². The highest BCUT2D eigenvalue weighted by Crippen LogP contribution is 2.25. The molecule has 0 spiro atoms. The number of hydrogen-bond donors (Lipinski definition) is 0. The Kier molecular flexibility index (Phi) is 7.64. The predicted octanol–water partition coefficient (Wildman–Crippen LogP) is 4.64. The lowest BCUT2D eigenvalue weighted by Gasteiger charge is -2.22. The van der Waals surface area contributed by atoms with Gasteiger partial charge in [0.25, 0.3) is 0 Å². The van der Waals surface area contributed by atoms with Gasteiger partial charge in [-0.1, -0.05) is 66.2 Å². The first-order valence-electron chi connectivity index (χ1n) is 5.76. The second kappa shape index (κ2) is 7.64. The quantitative estimate of drug-likeness (QED) is 0.522. The van der Waals surface area contributed by atoms with Crippen LogP contribution >= 0.6 is 0 Å². The first kappa shape index (κ1) is 12.0. The summed E-state index contributed by atoms with van der Waals surface area (Å²) in [7, 11) is 0. The van der Waals surface area contributed by atoms with Crippen molar-refractivity contribution in [1.29, 1.82) is 0 Å². The summed E-state index contributed by atoms with van der Waals surface area (Å²) in [5.74, 6) is 1.95. The van der Waals surface area contributed by atoms with E-state index in [0.29, 0.717) is 0 Å². The Hall–Kier alpha value is 0. The first-order valence-corrected chi connectivity index (χ1v) is 5.76. The molecule has 0 heterocycles. The van der Waals surface area contributed by atoms with Gasteiger partial charge >= 0.3 is 0 Å². The smallest absolute Gasteiger partial charge is 0.0389 e. The molecule has 0 bridgehead atoms. The van der Waals surface area contributed by atoms with Crippen molar-refractivity contribution in [2.75, 3.05) is 0 Å². The lowest BCUT2D eigenvalue weighted by molar-refractivity contribution is 0.292. The van der Waals surface area contributed by atoms with Gasteiger partial charge in [0.15, 0.2) is 0 Å². The molecule has 0 rings (SSSR count). The average molecular weight is 170 g/mol. The van der Waals surface area contributed by atoms with E-state index < -0.39 is 0 Å². The molecule has 0 aromatic carbocycles. The van der Waals surface area contributed by atoms with Crippen molar-refractivity contribution in [3.05, 3.63) is 0 Å². The molecule has 74 valence electrons. The molecule has 1 atom stereocenters. The fourth-order valence-corrected chi connectivity index (χ4v) is 2.15. The van der Waals surface area contributed by atoms with Gasteiger partial charge in [0.05, 0.1) is 0 Å². The van der Waals surface area contributed by atoms with Crippen molar-refractivity contribution in [2.24, 2.45) is 11.8 Å². The Balaban J connectivity index is 3.72. The molecule has 0 nitrogen and oxygen atoms in total. The van der Waals surface area contributed by atoms with Gasteiger partial charge in [-0.25, -0.2) is 0 Å². The summed E-state index contributed by atoms with van der Waals surface area (Å²) < 4.78 is 0. The van der Waals surface area contributed by atoms with Crippen molar-refractivity contribution >= 4 is 0 Å². The van der Waals surface area contributed by atoms with Gasteiger partial charge in [0.1, 0.15) is 0 Å². The van der Waals surface area contributed by atoms with E-state index >= 15 is 0 Å². The van der Waals surface area contributed by atoms with Gasteiger partial charge in [0.2, 0.25) is 0 Å². The molecule has 0 saturated carbocycles. The van der Waals surface area contributed by atoms with Crippen molar-refractivity contribution < 1.29 is 0 Å². The largest absolute Gasteiger partial charge is 0.0654 e. The van der Waals surface area contributed by atoms with Gasteiger partial charge in [-0.3, -0.25) is 0 Å². The van der Waals surface area contributed by atoms with Crippen LogP contribution < -0.4 is 0 Å². The van der Waals surface area contributed by atoms with Crippen LogP contribution in [0.5, 0.6) is 0 Å². The summed E-state index contributed by atoms with van der Waals surface area (Å²) in [4.78, 5) is 0. The van der Waals surface area contributed by atoms with Gasteiger partial charge in [-0.05, 0) is 11.8 Å². The highest BCUT2D eigenvalue weighted by atomic mass is 14.2. The monoisotopic (exact) mass is 170 g/mol. The molecule has 0 N–H and O–H groups in total. The minimum Gasteiger partial charge on any atom is -0.0654 e. The molecule has 0 amide bonds. The van der Waals surface area contributed by atoms with E-state index in [9.17, 15) is 0 Å². The average Bonchev–Trinajstić information content (AvgIpc) is 2.04. The zero-order valence-electron chi connectivity index (χ0n) is 9.40. The van der Waals surface area contributed by atoms with Crippen LogP contribution in [0, 0.1) is 11.8 Å². The summed E-state index contributed by atoms with van der Waals surface area (Å²) in [6.07, 6.45) is 8.37. The van der Waals surface area contributed by atoms with Crippen LogP contribution in [0.3, 0.4) is 0 Å². The molecule has 0 radical (unpaired) electrons. The minimum atomic E-state index is 0.954. The SMILES string of the molecule is CCCC(C)C(CCC)CCC. The minimum absolute atomic E-state index is 0.954. The van der Waals surface area contributed by atoms with Crippen molar-refractivity contribution in [3.63, 3.8) is 0 Å². The van der Waals surface area contributed by atoms with Crippen LogP contribution in [-0.4, -0.2) is 0 Å². The molecular weight excluding hydrogens is 144 g/mol. The molecule has 0 heteroatoms. The molecule has 1 unspecified atom stereocenters. The van der Waals surface area contributed by atoms with E-state index in [-0.39, 0.29) is 0 Å². The highest BCUT2D eigenvalue weighted by Gasteiger charge is 2.13. The number of rotatable bonds is 7. The topological polar surface area (TPSA) is 0 Å². The molecule has 0 aromatic rings. The summed E-state index contributed by atoms with van der Waals surface area (Å²) >= 11 is 0. The van der Waals surface area contributed by atoms with Crippen LogP contribution in [0.25, 0.3) is 0 Å². The van der Waals surface area contributed by atoms with Crippen LogP contribution in [0.4, 0.5) is 0 Å². The van der Waals surface area contributed by atoms with Gasteiger partial charge in [-0.15, -0.1) is 0 Å². The maximum atomic E-state index is 2.43. The Morgan fingerprint density at radius 2 is 1.17 bits per heavy atom. The third kappa shape index (κ3) is 4.79. The Morgan fingerprint density at radius 1 is 0.750 bits per heavy atom. The fourth-order valence-electron chi connectivity index (χ4n) is 2.15. The lowest BCUT2D eigenvalue weighted by Crippen LogP contribution is -2.11. The van der Waals surface area contributed by atoms with Gasteiger partial charge in [-0.2, -0.15) is 0 Å². The summed E-state index contributed by atoms with van der Waals surface area (Å²) in [6.45, 7) is 9.34. The zero-order valence-corrected chi connectivity index (χ0v) is 9.40. The third-order valence-corrected chi connectivity index (χ3v) is 2.87. The maximum absolute atomic E-state index is 2.43. The molecule has 0 aliphatic heterocycles. The summed E-state index contributed by atoms with van der Waals surface area (Å²) in [5, 5.41) is 0. The standard InChI is InChI=1S/C12H26/c1-5-8-11(4)12(9-6-2)10-7-3/h11-12H,5-10H2,1-4H3. The van der Waals surface area contributed by atoms with Crippen LogP contribution in [0.2, 0.25) is 0 Å². The van der Waals surface area contributed by atoms with E-state index in [1.54, 1.807) is 0 Å². The molecular formula is C12H26. The summed E-state index contributed by atoms with van der Waals surface area (Å²) in [6, 6.07) is 0. The normalized spacial score (nSPS) is 13.8. The number of hydrogen-bond acceptors (Lipinski definition) is 0. The van der Waals surface area contributed by atoms with Crippen LogP contribution in [0.1, 0.15) is 66.2 Å². The Bertz CT molecular complexity index is 80.0. The molecule has 0 saturated heterocycles. The first-order chi connectivity index (χ1) is 5.76. The Labute approximate surface area is 78.8 Å². The van der Waals surface area contributed by atoms with Crippen molar-refractivity contribution in [1.82, 2.24) is 0 Å². The van der Waals surface area contributed by atoms with Crippen molar-refractivity contribution in [3.8, 4) is 0 Å². The van der Waals surface area contributed by atoms with E-state index in [0.717, 1.165) is 11.8 Å². The molecule has 0 aliphatic carbocycles. The highest BCUT2D eigenvalue weighted by molar-refractivity contribution is 4.65.